The molecule has 1 nitrogen and oxygen atoms in total. The topological polar surface area (TPSA) is 26.0 Å². The Morgan fingerprint density at radius 1 is 1.33 bits per heavy atom. The highest BCUT2D eigenvalue weighted by atomic mass is 35.5. The number of halogens is 2. The molecule has 0 aliphatic carbocycles. The second-order valence-corrected chi connectivity index (χ2v) is 4.55. The van der Waals surface area contributed by atoms with Crippen molar-refractivity contribution in [1.82, 2.24) is 0 Å². The lowest BCUT2D eigenvalue weighted by atomic mass is 10.1. The summed E-state index contributed by atoms with van der Waals surface area (Å²) in [5.41, 5.74) is 6.83. The average Bonchev–Trinajstić information content (AvgIpc) is 2.74. The molecule has 0 saturated carbocycles. The Hall–Kier alpha value is -0.900. The van der Waals surface area contributed by atoms with Gasteiger partial charge in [-0.2, -0.15) is 0 Å². The minimum Gasteiger partial charge on any atom is -0.320 e. The molecule has 2 N–H and O–H groups in total. The van der Waals surface area contributed by atoms with Gasteiger partial charge in [0.2, 0.25) is 0 Å². The van der Waals surface area contributed by atoms with Crippen molar-refractivity contribution in [3.63, 3.8) is 0 Å². The molecule has 4 heteroatoms. The fourth-order valence-corrected chi connectivity index (χ4v) is 2.28. The van der Waals surface area contributed by atoms with Crippen LogP contribution in [0.15, 0.2) is 35.7 Å². The molecule has 15 heavy (non-hydrogen) atoms. The van der Waals surface area contributed by atoms with Crippen LogP contribution < -0.4 is 5.73 Å². The van der Waals surface area contributed by atoms with Gasteiger partial charge in [-0.25, -0.2) is 4.39 Å². The molecule has 0 aliphatic heterocycles. The predicted molar refractivity (Wildman–Crippen MR) is 61.8 cm³/mol. The molecule has 0 spiro atoms. The van der Waals surface area contributed by atoms with Gasteiger partial charge in [-0.3, -0.25) is 0 Å². The molecule has 0 unspecified atom stereocenters. The van der Waals surface area contributed by atoms with Crippen molar-refractivity contribution in [2.45, 2.75) is 6.04 Å². The minimum absolute atomic E-state index is 0.111. The molecule has 0 fully saturated rings. The predicted octanol–water partition coefficient (Wildman–Crippen LogP) is 3.59. The highest BCUT2D eigenvalue weighted by Gasteiger charge is 2.11. The first-order chi connectivity index (χ1) is 7.18. The standard InChI is InChI=1S/C11H9ClFNS/c12-8-6-7(3-4-9(8)13)11(14)10-2-1-5-15-10/h1-6,11H,14H2/t11-/m0/s1. The fourth-order valence-electron chi connectivity index (χ4n) is 1.34. The maximum Gasteiger partial charge on any atom is 0.141 e. The first-order valence-electron chi connectivity index (χ1n) is 4.42. The van der Waals surface area contributed by atoms with Crippen molar-refractivity contribution < 1.29 is 4.39 Å². The second-order valence-electron chi connectivity index (χ2n) is 3.17. The molecular weight excluding hydrogens is 233 g/mol. The lowest BCUT2D eigenvalue weighted by Crippen LogP contribution is -2.10. The van der Waals surface area contributed by atoms with Crippen LogP contribution in [0.4, 0.5) is 4.39 Å². The number of benzene rings is 1. The molecule has 1 heterocycles. The van der Waals surface area contributed by atoms with Crippen molar-refractivity contribution in [2.75, 3.05) is 0 Å². The monoisotopic (exact) mass is 241 g/mol. The van der Waals surface area contributed by atoms with E-state index in [4.69, 9.17) is 17.3 Å². The fraction of sp³-hybridized carbons (Fsp3) is 0.0909. The van der Waals surface area contributed by atoms with E-state index in [0.717, 1.165) is 10.4 Å². The number of hydrogen-bond acceptors (Lipinski definition) is 2. The molecule has 2 rings (SSSR count). The van der Waals surface area contributed by atoms with Gasteiger partial charge in [0.05, 0.1) is 11.1 Å². The summed E-state index contributed by atoms with van der Waals surface area (Å²) in [7, 11) is 0. The maximum absolute atomic E-state index is 12.9. The normalized spacial score (nSPS) is 12.7. The zero-order chi connectivity index (χ0) is 10.8. The number of thiophene rings is 1. The van der Waals surface area contributed by atoms with Crippen LogP contribution in [0.25, 0.3) is 0 Å². The molecule has 78 valence electrons. The Kier molecular flexibility index (Phi) is 3.05. The first-order valence-corrected chi connectivity index (χ1v) is 5.68. The van der Waals surface area contributed by atoms with Gasteiger partial charge >= 0.3 is 0 Å². The first kappa shape index (κ1) is 10.6. The number of hydrogen-bond donors (Lipinski definition) is 1. The van der Waals surface area contributed by atoms with E-state index in [1.165, 1.54) is 6.07 Å². The third-order valence-corrected chi connectivity index (χ3v) is 3.40. The zero-order valence-corrected chi connectivity index (χ0v) is 9.36. The summed E-state index contributed by atoms with van der Waals surface area (Å²) in [5, 5.41) is 2.07. The van der Waals surface area contributed by atoms with Gasteiger partial charge in [-0.15, -0.1) is 11.3 Å². The van der Waals surface area contributed by atoms with Crippen molar-refractivity contribution in [3.8, 4) is 0 Å². The van der Waals surface area contributed by atoms with Crippen LogP contribution in [-0.2, 0) is 0 Å². The van der Waals surface area contributed by atoms with Crippen molar-refractivity contribution in [2.24, 2.45) is 5.73 Å². The van der Waals surface area contributed by atoms with Crippen LogP contribution in [0.2, 0.25) is 5.02 Å². The van der Waals surface area contributed by atoms with Crippen molar-refractivity contribution >= 4 is 22.9 Å². The Bertz CT molecular complexity index is 456. The van der Waals surface area contributed by atoms with Crippen LogP contribution in [0, 0.1) is 5.82 Å². The molecule has 0 saturated heterocycles. The van der Waals surface area contributed by atoms with Gasteiger partial charge in [-0.1, -0.05) is 23.7 Å². The van der Waals surface area contributed by atoms with Gasteiger partial charge in [-0.05, 0) is 29.1 Å². The van der Waals surface area contributed by atoms with E-state index in [9.17, 15) is 4.39 Å². The summed E-state index contributed by atoms with van der Waals surface area (Å²) in [4.78, 5) is 1.04. The molecule has 1 atom stereocenters. The lowest BCUT2D eigenvalue weighted by molar-refractivity contribution is 0.627. The van der Waals surface area contributed by atoms with Crippen LogP contribution in [-0.4, -0.2) is 0 Å². The van der Waals surface area contributed by atoms with Gasteiger partial charge in [0.15, 0.2) is 0 Å². The van der Waals surface area contributed by atoms with Crippen LogP contribution in [0.1, 0.15) is 16.5 Å². The molecule has 0 aliphatic rings. The number of rotatable bonds is 2. The zero-order valence-electron chi connectivity index (χ0n) is 7.78. The molecule has 0 radical (unpaired) electrons. The van der Waals surface area contributed by atoms with E-state index in [0.29, 0.717) is 0 Å². The van der Waals surface area contributed by atoms with Crippen LogP contribution in [0.3, 0.4) is 0 Å². The Morgan fingerprint density at radius 3 is 2.73 bits per heavy atom. The third-order valence-electron chi connectivity index (χ3n) is 2.15. The summed E-state index contributed by atoms with van der Waals surface area (Å²) in [6.45, 7) is 0. The summed E-state index contributed by atoms with van der Waals surface area (Å²) < 4.78 is 12.9. The lowest BCUT2D eigenvalue weighted by Gasteiger charge is -2.10. The molecule has 1 aromatic carbocycles. The summed E-state index contributed by atoms with van der Waals surface area (Å²) in [5.74, 6) is -0.418. The highest BCUT2D eigenvalue weighted by molar-refractivity contribution is 7.10. The second kappa shape index (κ2) is 4.31. The van der Waals surface area contributed by atoms with Gasteiger partial charge in [0.25, 0.3) is 0 Å². The Labute approximate surface area is 96.3 Å². The van der Waals surface area contributed by atoms with E-state index in [1.54, 1.807) is 23.5 Å². The van der Waals surface area contributed by atoms with E-state index in [2.05, 4.69) is 0 Å². The van der Waals surface area contributed by atoms with E-state index in [-0.39, 0.29) is 11.1 Å². The molecule has 0 amide bonds. The van der Waals surface area contributed by atoms with Gasteiger partial charge in [0.1, 0.15) is 5.82 Å². The summed E-state index contributed by atoms with van der Waals surface area (Å²) >= 11 is 7.27. The van der Waals surface area contributed by atoms with Gasteiger partial charge in [0, 0.05) is 4.88 Å². The van der Waals surface area contributed by atoms with Crippen LogP contribution >= 0.6 is 22.9 Å². The molecular formula is C11H9ClFNS. The van der Waals surface area contributed by atoms with Crippen LogP contribution in [0.5, 0.6) is 0 Å². The van der Waals surface area contributed by atoms with E-state index in [1.807, 2.05) is 17.5 Å². The van der Waals surface area contributed by atoms with Crippen molar-refractivity contribution in [1.29, 1.82) is 0 Å². The SMILES string of the molecule is N[C@@H](c1ccc(F)c(Cl)c1)c1cccs1. The number of nitrogens with two attached hydrogens (primary N) is 1. The summed E-state index contributed by atoms with van der Waals surface area (Å²) in [6, 6.07) is 8.22. The quantitative estimate of drug-likeness (QED) is 0.855. The molecule has 0 bridgehead atoms. The molecule has 1 aromatic heterocycles. The van der Waals surface area contributed by atoms with Crippen molar-refractivity contribution in [3.05, 3.63) is 57.0 Å². The van der Waals surface area contributed by atoms with E-state index < -0.39 is 5.82 Å². The third kappa shape index (κ3) is 2.20. The highest BCUT2D eigenvalue weighted by Crippen LogP contribution is 2.26. The van der Waals surface area contributed by atoms with Gasteiger partial charge < -0.3 is 5.73 Å². The summed E-state index contributed by atoms with van der Waals surface area (Å²) in [6.07, 6.45) is 0. The minimum atomic E-state index is -0.418. The largest absolute Gasteiger partial charge is 0.320 e. The Morgan fingerprint density at radius 2 is 2.13 bits per heavy atom. The van der Waals surface area contributed by atoms with E-state index >= 15 is 0 Å². The molecule has 2 aromatic rings. The Balaban J connectivity index is 2.34. The smallest absolute Gasteiger partial charge is 0.141 e. The average molecular weight is 242 g/mol. The maximum atomic E-state index is 12.9.